The molecule has 1 aliphatic heterocycles. The van der Waals surface area contributed by atoms with Gasteiger partial charge in [-0.3, -0.25) is 9.78 Å². The van der Waals surface area contributed by atoms with Crippen LogP contribution in [-0.2, 0) is 9.84 Å². The van der Waals surface area contributed by atoms with Gasteiger partial charge in [-0.05, 0) is 38.5 Å². The lowest BCUT2D eigenvalue weighted by Crippen LogP contribution is -2.35. The van der Waals surface area contributed by atoms with Gasteiger partial charge in [0.15, 0.2) is 9.84 Å². The van der Waals surface area contributed by atoms with E-state index in [0.29, 0.717) is 12.0 Å². The first-order valence-corrected chi connectivity index (χ1v) is 9.05. The van der Waals surface area contributed by atoms with Gasteiger partial charge in [-0.1, -0.05) is 11.6 Å². The number of nitrogens with one attached hydrogen (secondary N) is 1. The summed E-state index contributed by atoms with van der Waals surface area (Å²) < 4.78 is 23.0. The van der Waals surface area contributed by atoms with Gasteiger partial charge in [0.2, 0.25) is 0 Å². The third-order valence-corrected chi connectivity index (χ3v) is 5.67. The Balaban J connectivity index is 1.95. The van der Waals surface area contributed by atoms with Gasteiger partial charge in [0.05, 0.1) is 22.6 Å². The molecule has 1 saturated heterocycles. The van der Waals surface area contributed by atoms with Gasteiger partial charge in [0.1, 0.15) is 0 Å². The van der Waals surface area contributed by atoms with Crippen molar-refractivity contribution in [1.82, 2.24) is 10.3 Å². The van der Waals surface area contributed by atoms with E-state index in [4.69, 9.17) is 0 Å². The summed E-state index contributed by atoms with van der Waals surface area (Å²) in [6, 6.07) is 7.24. The van der Waals surface area contributed by atoms with Gasteiger partial charge in [-0.15, -0.1) is 0 Å². The molecule has 0 saturated carbocycles. The number of pyridine rings is 1. The fourth-order valence-corrected chi connectivity index (χ4v) is 4.51. The summed E-state index contributed by atoms with van der Waals surface area (Å²) in [5, 5.41) is 3.64. The van der Waals surface area contributed by atoms with E-state index in [1.807, 2.05) is 32.0 Å². The summed E-state index contributed by atoms with van der Waals surface area (Å²) >= 11 is 0. The number of fused-ring (bicyclic) bond motifs is 1. The number of sulfone groups is 1. The quantitative estimate of drug-likeness (QED) is 0.915. The second-order valence-corrected chi connectivity index (χ2v) is 8.13. The van der Waals surface area contributed by atoms with Gasteiger partial charge < -0.3 is 5.32 Å². The van der Waals surface area contributed by atoms with Crippen LogP contribution in [0.4, 0.5) is 0 Å². The van der Waals surface area contributed by atoms with Crippen molar-refractivity contribution in [3.63, 3.8) is 0 Å². The first-order valence-electron chi connectivity index (χ1n) is 7.23. The fraction of sp³-hybridized carbons (Fsp3) is 0.375. The molecule has 0 spiro atoms. The number of rotatable bonds is 2. The maximum absolute atomic E-state index is 12.6. The Morgan fingerprint density at radius 3 is 2.73 bits per heavy atom. The van der Waals surface area contributed by atoms with E-state index < -0.39 is 9.84 Å². The van der Waals surface area contributed by atoms with Crippen LogP contribution < -0.4 is 5.32 Å². The molecule has 116 valence electrons. The van der Waals surface area contributed by atoms with Crippen LogP contribution in [-0.4, -0.2) is 36.9 Å². The molecule has 1 aliphatic rings. The second kappa shape index (κ2) is 5.35. The Labute approximate surface area is 129 Å². The Morgan fingerprint density at radius 1 is 1.27 bits per heavy atom. The van der Waals surface area contributed by atoms with Crippen molar-refractivity contribution in [3.8, 4) is 0 Å². The van der Waals surface area contributed by atoms with Crippen LogP contribution in [0.2, 0.25) is 0 Å². The first-order chi connectivity index (χ1) is 10.3. The highest BCUT2D eigenvalue weighted by Crippen LogP contribution is 2.21. The summed E-state index contributed by atoms with van der Waals surface area (Å²) in [7, 11) is -3.01. The largest absolute Gasteiger partial charge is 0.348 e. The van der Waals surface area contributed by atoms with Crippen LogP contribution in [0.5, 0.6) is 0 Å². The maximum Gasteiger partial charge on any atom is 0.252 e. The monoisotopic (exact) mass is 318 g/mol. The van der Waals surface area contributed by atoms with Gasteiger partial charge in [-0.25, -0.2) is 8.42 Å². The molecule has 22 heavy (non-hydrogen) atoms. The molecule has 0 unspecified atom stereocenters. The minimum atomic E-state index is -3.01. The van der Waals surface area contributed by atoms with E-state index in [9.17, 15) is 13.2 Å². The van der Waals surface area contributed by atoms with Crippen LogP contribution in [0.3, 0.4) is 0 Å². The number of nitrogens with zero attached hydrogens (tertiary/aromatic N) is 1. The number of amides is 1. The van der Waals surface area contributed by atoms with Crippen molar-refractivity contribution in [2.24, 2.45) is 0 Å². The topological polar surface area (TPSA) is 76.1 Å². The van der Waals surface area contributed by atoms with Crippen molar-refractivity contribution < 1.29 is 13.2 Å². The Morgan fingerprint density at radius 2 is 2.05 bits per heavy atom. The molecule has 1 N–H and O–H groups in total. The number of hydrogen-bond acceptors (Lipinski definition) is 4. The highest BCUT2D eigenvalue weighted by molar-refractivity contribution is 7.91. The Bertz CT molecular complexity index is 859. The summed E-state index contributed by atoms with van der Waals surface area (Å²) in [6.07, 6.45) is 0.481. The number of carbonyl (C=O) groups is 1. The van der Waals surface area contributed by atoms with Crippen LogP contribution in [0.25, 0.3) is 10.9 Å². The van der Waals surface area contributed by atoms with Crippen molar-refractivity contribution in [2.75, 3.05) is 11.5 Å². The molecule has 2 aromatic rings. The highest BCUT2D eigenvalue weighted by Gasteiger charge is 2.29. The molecule has 0 radical (unpaired) electrons. The van der Waals surface area contributed by atoms with E-state index in [2.05, 4.69) is 10.3 Å². The van der Waals surface area contributed by atoms with Crippen molar-refractivity contribution in [1.29, 1.82) is 0 Å². The fourth-order valence-electron chi connectivity index (χ4n) is 2.83. The molecule has 0 bridgehead atoms. The third kappa shape index (κ3) is 2.97. The first kappa shape index (κ1) is 15.0. The van der Waals surface area contributed by atoms with E-state index in [1.165, 1.54) is 0 Å². The van der Waals surface area contributed by atoms with Gasteiger partial charge in [0.25, 0.3) is 5.91 Å². The molecule has 1 aromatic heterocycles. The standard InChI is InChI=1S/C16H18N2O3S/c1-10-3-4-15-13(7-10)14(8-11(2)17-15)16(19)18-12-5-6-22(20,21)9-12/h3-4,7-8,12H,5-6,9H2,1-2H3,(H,18,19)/t12-/m1/s1. The molecule has 1 aromatic carbocycles. The number of aryl methyl sites for hydroxylation is 2. The lowest BCUT2D eigenvalue weighted by molar-refractivity contribution is 0.0942. The lowest BCUT2D eigenvalue weighted by Gasteiger charge is -2.13. The smallest absolute Gasteiger partial charge is 0.252 e. The molecule has 3 rings (SSSR count). The summed E-state index contributed by atoms with van der Waals surface area (Å²) in [4.78, 5) is 17.0. The average molecular weight is 318 g/mol. The molecular formula is C16H18N2O3S. The van der Waals surface area contributed by atoms with E-state index in [1.54, 1.807) is 6.07 Å². The number of aromatic nitrogens is 1. The minimum Gasteiger partial charge on any atom is -0.348 e. The van der Waals surface area contributed by atoms with Crippen molar-refractivity contribution in [3.05, 3.63) is 41.1 Å². The van der Waals surface area contributed by atoms with E-state index >= 15 is 0 Å². The zero-order valence-corrected chi connectivity index (χ0v) is 13.4. The maximum atomic E-state index is 12.6. The molecule has 1 amide bonds. The zero-order chi connectivity index (χ0) is 15.9. The predicted octanol–water partition coefficient (Wildman–Crippen LogP) is 1.77. The second-order valence-electron chi connectivity index (χ2n) is 5.91. The van der Waals surface area contributed by atoms with Crippen molar-refractivity contribution >= 4 is 26.6 Å². The number of carbonyl (C=O) groups excluding carboxylic acids is 1. The van der Waals surface area contributed by atoms with Gasteiger partial charge in [-0.2, -0.15) is 0 Å². The minimum absolute atomic E-state index is 0.0275. The van der Waals surface area contributed by atoms with E-state index in [0.717, 1.165) is 22.2 Å². The summed E-state index contributed by atoms with van der Waals surface area (Å²) in [6.45, 7) is 3.81. The predicted molar refractivity (Wildman–Crippen MR) is 85.7 cm³/mol. The van der Waals surface area contributed by atoms with Gasteiger partial charge >= 0.3 is 0 Å². The molecule has 1 atom stereocenters. The Hall–Kier alpha value is -1.95. The van der Waals surface area contributed by atoms with Crippen LogP contribution in [0.15, 0.2) is 24.3 Å². The Kier molecular flexibility index (Phi) is 3.64. The molecular weight excluding hydrogens is 300 g/mol. The molecule has 5 nitrogen and oxygen atoms in total. The summed E-state index contributed by atoms with van der Waals surface area (Å²) in [5.74, 6) is -0.0596. The van der Waals surface area contributed by atoms with Gasteiger partial charge in [0, 0.05) is 17.1 Å². The molecule has 1 fully saturated rings. The SMILES string of the molecule is Cc1ccc2nc(C)cc(C(=O)N[C@@H]3CCS(=O)(=O)C3)c2c1. The van der Waals surface area contributed by atoms with Crippen LogP contribution >= 0.6 is 0 Å². The number of benzene rings is 1. The van der Waals surface area contributed by atoms with Crippen molar-refractivity contribution in [2.45, 2.75) is 26.3 Å². The zero-order valence-electron chi connectivity index (χ0n) is 12.6. The summed E-state index contributed by atoms with van der Waals surface area (Å²) in [5.41, 5.74) is 3.14. The number of hydrogen-bond donors (Lipinski definition) is 1. The lowest BCUT2D eigenvalue weighted by atomic mass is 10.0. The van der Waals surface area contributed by atoms with E-state index in [-0.39, 0.29) is 23.5 Å². The molecule has 2 heterocycles. The molecule has 0 aliphatic carbocycles. The third-order valence-electron chi connectivity index (χ3n) is 3.90. The average Bonchev–Trinajstić information content (AvgIpc) is 2.77. The van der Waals surface area contributed by atoms with Crippen LogP contribution in [0, 0.1) is 13.8 Å². The highest BCUT2D eigenvalue weighted by atomic mass is 32.2. The van der Waals surface area contributed by atoms with Crippen LogP contribution in [0.1, 0.15) is 28.0 Å². The normalized spacial score (nSPS) is 20.2. The molecule has 6 heteroatoms.